The van der Waals surface area contributed by atoms with Gasteiger partial charge in [-0.3, -0.25) is 4.79 Å². The van der Waals surface area contributed by atoms with Crippen LogP contribution in [0.1, 0.15) is 19.3 Å². The molecule has 1 saturated carbocycles. The minimum absolute atomic E-state index is 0.282. The van der Waals surface area contributed by atoms with E-state index in [4.69, 9.17) is 9.72 Å². The molecule has 1 amide bonds. The molecule has 2 fully saturated rings. The van der Waals surface area contributed by atoms with Gasteiger partial charge in [0.25, 0.3) is 0 Å². The van der Waals surface area contributed by atoms with Gasteiger partial charge < -0.3 is 19.2 Å². The molecule has 0 bridgehead atoms. The lowest BCUT2D eigenvalue weighted by atomic mass is 10.0. The number of carbonyl (C=O) groups excluding carboxylic acids is 1. The first-order chi connectivity index (χ1) is 18.2. The highest BCUT2D eigenvalue weighted by Crippen LogP contribution is 2.35. The number of benzene rings is 3. The maximum absolute atomic E-state index is 12.6. The molecule has 1 aliphatic carbocycles. The standard InChI is InChI=1S/C31H30N4O2/c1-37-26-9-11-28-29(17-26)35(19-20-13-15-34(18-20)31(36)23-6-7-23)30(33-28)22-4-2-21(3-5-22)24-8-10-27-25(16-24)12-14-32-27/h2-5,8-12,14,16-17,20,23,32H,6-7,13,15,18-19H2,1H3/t20-/m0/s1. The Hall–Kier alpha value is -4.06. The minimum Gasteiger partial charge on any atom is -0.497 e. The summed E-state index contributed by atoms with van der Waals surface area (Å²) in [5, 5.41) is 1.21. The predicted molar refractivity (Wildman–Crippen MR) is 146 cm³/mol. The molecule has 5 aromatic rings. The van der Waals surface area contributed by atoms with E-state index < -0.39 is 0 Å². The van der Waals surface area contributed by atoms with Crippen LogP contribution in [0.3, 0.4) is 0 Å². The molecule has 7 rings (SSSR count). The molecule has 1 aliphatic heterocycles. The maximum atomic E-state index is 12.6. The highest BCUT2D eigenvalue weighted by molar-refractivity contribution is 5.86. The number of aromatic amines is 1. The summed E-state index contributed by atoms with van der Waals surface area (Å²) < 4.78 is 7.87. The van der Waals surface area contributed by atoms with Crippen LogP contribution < -0.4 is 4.74 Å². The van der Waals surface area contributed by atoms with E-state index >= 15 is 0 Å². The van der Waals surface area contributed by atoms with Crippen molar-refractivity contribution in [2.75, 3.05) is 20.2 Å². The zero-order chi connectivity index (χ0) is 24.9. The Morgan fingerprint density at radius 3 is 2.59 bits per heavy atom. The van der Waals surface area contributed by atoms with E-state index in [2.05, 4.69) is 69.0 Å². The molecule has 6 nitrogen and oxygen atoms in total. The van der Waals surface area contributed by atoms with Crippen LogP contribution in [-0.4, -0.2) is 45.5 Å². The number of ether oxygens (including phenoxy) is 1. The van der Waals surface area contributed by atoms with Crippen molar-refractivity contribution < 1.29 is 9.53 Å². The van der Waals surface area contributed by atoms with Crippen LogP contribution in [-0.2, 0) is 11.3 Å². The van der Waals surface area contributed by atoms with Crippen molar-refractivity contribution >= 4 is 27.8 Å². The number of rotatable bonds is 6. The third-order valence-corrected chi connectivity index (χ3v) is 7.95. The highest BCUT2D eigenvalue weighted by atomic mass is 16.5. The van der Waals surface area contributed by atoms with E-state index in [9.17, 15) is 4.79 Å². The van der Waals surface area contributed by atoms with Gasteiger partial charge in [0.05, 0.1) is 18.1 Å². The topological polar surface area (TPSA) is 63.1 Å². The Kier molecular flexibility index (Phi) is 5.27. The van der Waals surface area contributed by atoms with Crippen molar-refractivity contribution in [1.82, 2.24) is 19.4 Å². The number of carbonyl (C=O) groups is 1. The number of likely N-dealkylation sites (tertiary alicyclic amines) is 1. The lowest BCUT2D eigenvalue weighted by Gasteiger charge is -2.18. The summed E-state index contributed by atoms with van der Waals surface area (Å²) in [6, 6.07) is 23.4. The smallest absolute Gasteiger partial charge is 0.225 e. The first-order valence-corrected chi connectivity index (χ1v) is 13.2. The molecule has 0 spiro atoms. The van der Waals surface area contributed by atoms with E-state index in [0.29, 0.717) is 11.8 Å². The molecule has 0 radical (unpaired) electrons. The van der Waals surface area contributed by atoms with Gasteiger partial charge in [0.15, 0.2) is 0 Å². The molecule has 37 heavy (non-hydrogen) atoms. The SMILES string of the molecule is COc1ccc2nc(-c3ccc(-c4ccc5[nH]ccc5c4)cc3)n(C[C@H]3CCN(C(=O)C4CC4)C3)c2c1. The molecular weight excluding hydrogens is 460 g/mol. The van der Waals surface area contributed by atoms with Crippen molar-refractivity contribution in [3.8, 4) is 28.3 Å². The van der Waals surface area contributed by atoms with Crippen LogP contribution >= 0.6 is 0 Å². The second-order valence-electron chi connectivity index (χ2n) is 10.5. The fourth-order valence-electron chi connectivity index (χ4n) is 5.71. The third kappa shape index (κ3) is 4.06. The molecule has 3 heterocycles. The van der Waals surface area contributed by atoms with E-state index in [0.717, 1.165) is 72.6 Å². The fraction of sp³-hybridized carbons (Fsp3) is 0.290. The molecule has 2 aromatic heterocycles. The van der Waals surface area contributed by atoms with Crippen molar-refractivity contribution in [1.29, 1.82) is 0 Å². The largest absolute Gasteiger partial charge is 0.497 e. The average molecular weight is 491 g/mol. The number of hydrogen-bond donors (Lipinski definition) is 1. The molecule has 186 valence electrons. The lowest BCUT2D eigenvalue weighted by molar-refractivity contribution is -0.131. The first kappa shape index (κ1) is 22.2. The monoisotopic (exact) mass is 490 g/mol. The number of methoxy groups -OCH3 is 1. The molecular formula is C31H30N4O2. The molecule has 1 N–H and O–H groups in total. The zero-order valence-corrected chi connectivity index (χ0v) is 21.0. The van der Waals surface area contributed by atoms with Gasteiger partial charge in [0.1, 0.15) is 11.6 Å². The molecule has 6 heteroatoms. The fourth-order valence-corrected chi connectivity index (χ4v) is 5.71. The van der Waals surface area contributed by atoms with Crippen LogP contribution in [0.5, 0.6) is 5.75 Å². The normalized spacial score (nSPS) is 17.6. The Morgan fingerprint density at radius 2 is 1.78 bits per heavy atom. The van der Waals surface area contributed by atoms with Crippen LogP contribution in [0.25, 0.3) is 44.5 Å². The number of fused-ring (bicyclic) bond motifs is 2. The van der Waals surface area contributed by atoms with Crippen molar-refractivity contribution in [2.45, 2.75) is 25.8 Å². The van der Waals surface area contributed by atoms with Crippen LogP contribution in [0.2, 0.25) is 0 Å². The second kappa shape index (κ2) is 8.80. The first-order valence-electron chi connectivity index (χ1n) is 13.2. The van der Waals surface area contributed by atoms with Crippen molar-refractivity contribution in [2.24, 2.45) is 11.8 Å². The van der Waals surface area contributed by atoms with Gasteiger partial charge in [0, 0.05) is 48.9 Å². The van der Waals surface area contributed by atoms with E-state index in [1.807, 2.05) is 18.3 Å². The van der Waals surface area contributed by atoms with E-state index in [1.54, 1.807) is 7.11 Å². The second-order valence-corrected chi connectivity index (χ2v) is 10.5. The van der Waals surface area contributed by atoms with Gasteiger partial charge in [-0.25, -0.2) is 4.98 Å². The summed E-state index contributed by atoms with van der Waals surface area (Å²) in [5.41, 5.74) is 6.65. The van der Waals surface area contributed by atoms with Crippen LogP contribution in [0.4, 0.5) is 0 Å². The van der Waals surface area contributed by atoms with Crippen molar-refractivity contribution in [3.63, 3.8) is 0 Å². The summed E-state index contributed by atoms with van der Waals surface area (Å²) in [7, 11) is 1.70. The zero-order valence-electron chi connectivity index (χ0n) is 21.0. The number of nitrogens with zero attached hydrogens (tertiary/aromatic N) is 3. The molecule has 0 unspecified atom stereocenters. The Labute approximate surface area is 215 Å². The van der Waals surface area contributed by atoms with E-state index in [1.165, 1.54) is 16.5 Å². The third-order valence-electron chi connectivity index (χ3n) is 7.95. The highest BCUT2D eigenvalue weighted by Gasteiger charge is 2.36. The summed E-state index contributed by atoms with van der Waals surface area (Å²) in [6.07, 6.45) is 5.13. The number of hydrogen-bond acceptors (Lipinski definition) is 3. The number of nitrogens with one attached hydrogen (secondary N) is 1. The summed E-state index contributed by atoms with van der Waals surface area (Å²) in [6.45, 7) is 2.53. The van der Waals surface area contributed by atoms with Crippen molar-refractivity contribution in [3.05, 3.63) is 72.9 Å². The van der Waals surface area contributed by atoms with Gasteiger partial charge in [-0.15, -0.1) is 0 Å². The van der Waals surface area contributed by atoms with Gasteiger partial charge >= 0.3 is 0 Å². The van der Waals surface area contributed by atoms with E-state index in [-0.39, 0.29) is 5.92 Å². The van der Waals surface area contributed by atoms with Crippen LogP contribution in [0.15, 0.2) is 72.9 Å². The number of imidazole rings is 1. The molecule has 1 saturated heterocycles. The Morgan fingerprint density at radius 1 is 0.973 bits per heavy atom. The summed E-state index contributed by atoms with van der Waals surface area (Å²) in [5.74, 6) is 2.84. The molecule has 3 aromatic carbocycles. The quantitative estimate of drug-likeness (QED) is 0.312. The number of H-pyrrole nitrogens is 1. The lowest BCUT2D eigenvalue weighted by Crippen LogP contribution is -2.30. The minimum atomic E-state index is 0.282. The maximum Gasteiger partial charge on any atom is 0.225 e. The van der Waals surface area contributed by atoms with Gasteiger partial charge in [-0.2, -0.15) is 0 Å². The Bertz CT molecular complexity index is 1610. The summed E-state index contributed by atoms with van der Waals surface area (Å²) in [4.78, 5) is 23.0. The number of amides is 1. The van der Waals surface area contributed by atoms with Gasteiger partial charge in [0.2, 0.25) is 5.91 Å². The van der Waals surface area contributed by atoms with Crippen LogP contribution in [0, 0.1) is 11.8 Å². The van der Waals surface area contributed by atoms with Gasteiger partial charge in [-0.05, 0) is 72.0 Å². The predicted octanol–water partition coefficient (Wildman–Crippen LogP) is 6.12. The molecule has 1 atom stereocenters. The number of aromatic nitrogens is 3. The summed E-state index contributed by atoms with van der Waals surface area (Å²) >= 11 is 0. The average Bonchev–Trinajstić information content (AvgIpc) is 3.33. The Balaban J connectivity index is 1.22. The van der Waals surface area contributed by atoms with Gasteiger partial charge in [-0.1, -0.05) is 30.3 Å². The molecule has 2 aliphatic rings.